The maximum Gasteiger partial charge on any atom is 0.0743 e. The number of hydrogen-bond donors (Lipinski definition) is 0. The molecule has 86 valence electrons. The highest BCUT2D eigenvalue weighted by atomic mass is 14.7. The summed E-state index contributed by atoms with van der Waals surface area (Å²) in [6, 6.07) is 6.64. The van der Waals surface area contributed by atoms with Crippen molar-refractivity contribution < 1.29 is 0 Å². The summed E-state index contributed by atoms with van der Waals surface area (Å²) in [5.41, 5.74) is 10.7. The van der Waals surface area contributed by atoms with Gasteiger partial charge in [-0.05, 0) is 67.6 Å². The SMILES string of the molecule is Cc1ccc2c(n1)-c1cc(C)c(C)c(C)c1C2. The lowest BCUT2D eigenvalue weighted by atomic mass is 9.95. The Balaban J connectivity index is 2.33. The van der Waals surface area contributed by atoms with Crippen LogP contribution in [0.3, 0.4) is 0 Å². The minimum absolute atomic E-state index is 1.05. The van der Waals surface area contributed by atoms with Gasteiger partial charge in [0.2, 0.25) is 0 Å². The lowest BCUT2D eigenvalue weighted by molar-refractivity contribution is 1.15. The van der Waals surface area contributed by atoms with Crippen LogP contribution in [0.2, 0.25) is 0 Å². The molecule has 1 nitrogen and oxygen atoms in total. The number of hydrogen-bond acceptors (Lipinski definition) is 1. The monoisotopic (exact) mass is 223 g/mol. The van der Waals surface area contributed by atoms with Crippen LogP contribution in [-0.2, 0) is 6.42 Å². The summed E-state index contributed by atoms with van der Waals surface area (Å²) < 4.78 is 0. The fourth-order valence-corrected chi connectivity index (χ4v) is 2.73. The maximum absolute atomic E-state index is 4.71. The van der Waals surface area contributed by atoms with E-state index in [1.807, 2.05) is 0 Å². The van der Waals surface area contributed by atoms with Gasteiger partial charge < -0.3 is 0 Å². The molecule has 1 aromatic heterocycles. The van der Waals surface area contributed by atoms with Crippen molar-refractivity contribution >= 4 is 0 Å². The number of aryl methyl sites for hydroxylation is 2. The highest BCUT2D eigenvalue weighted by molar-refractivity contribution is 5.76. The van der Waals surface area contributed by atoms with E-state index in [0.717, 1.165) is 12.1 Å². The summed E-state index contributed by atoms with van der Waals surface area (Å²) in [5, 5.41) is 0. The van der Waals surface area contributed by atoms with Crippen LogP contribution in [0, 0.1) is 27.7 Å². The van der Waals surface area contributed by atoms with E-state index in [-0.39, 0.29) is 0 Å². The lowest BCUT2D eigenvalue weighted by Gasteiger charge is -2.10. The van der Waals surface area contributed by atoms with Gasteiger partial charge in [0.15, 0.2) is 0 Å². The molecule has 1 aromatic carbocycles. The van der Waals surface area contributed by atoms with E-state index in [4.69, 9.17) is 4.98 Å². The fourth-order valence-electron chi connectivity index (χ4n) is 2.73. The zero-order valence-electron chi connectivity index (χ0n) is 10.9. The first kappa shape index (κ1) is 10.5. The minimum atomic E-state index is 1.05. The Kier molecular flexibility index (Phi) is 2.12. The highest BCUT2D eigenvalue weighted by Gasteiger charge is 2.22. The summed E-state index contributed by atoms with van der Waals surface area (Å²) in [4.78, 5) is 4.71. The van der Waals surface area contributed by atoms with E-state index in [1.54, 1.807) is 0 Å². The molecule has 0 bridgehead atoms. The van der Waals surface area contributed by atoms with Crippen molar-refractivity contribution in [2.24, 2.45) is 0 Å². The van der Waals surface area contributed by atoms with E-state index in [0.29, 0.717) is 0 Å². The fraction of sp³-hybridized carbons (Fsp3) is 0.312. The number of fused-ring (bicyclic) bond motifs is 3. The van der Waals surface area contributed by atoms with Gasteiger partial charge in [-0.1, -0.05) is 6.07 Å². The van der Waals surface area contributed by atoms with Crippen LogP contribution >= 0.6 is 0 Å². The van der Waals surface area contributed by atoms with Crippen molar-refractivity contribution in [2.75, 3.05) is 0 Å². The predicted octanol–water partition coefficient (Wildman–Crippen LogP) is 3.89. The third-order valence-corrected chi connectivity index (χ3v) is 4.03. The van der Waals surface area contributed by atoms with E-state index in [9.17, 15) is 0 Å². The van der Waals surface area contributed by atoms with Gasteiger partial charge in [-0.25, -0.2) is 0 Å². The van der Waals surface area contributed by atoms with Gasteiger partial charge in [0.05, 0.1) is 5.69 Å². The van der Waals surface area contributed by atoms with Crippen LogP contribution < -0.4 is 0 Å². The van der Waals surface area contributed by atoms with Crippen LogP contribution in [0.15, 0.2) is 18.2 Å². The normalized spacial score (nSPS) is 12.5. The predicted molar refractivity (Wildman–Crippen MR) is 71.4 cm³/mol. The number of nitrogens with zero attached hydrogens (tertiary/aromatic N) is 1. The van der Waals surface area contributed by atoms with Gasteiger partial charge in [0.1, 0.15) is 0 Å². The minimum Gasteiger partial charge on any atom is -0.253 e. The molecule has 0 saturated carbocycles. The van der Waals surface area contributed by atoms with Crippen LogP contribution in [0.4, 0.5) is 0 Å². The first-order valence-electron chi connectivity index (χ1n) is 6.14. The topological polar surface area (TPSA) is 12.9 Å². The first-order valence-corrected chi connectivity index (χ1v) is 6.14. The van der Waals surface area contributed by atoms with Crippen molar-refractivity contribution in [2.45, 2.75) is 34.1 Å². The van der Waals surface area contributed by atoms with Crippen molar-refractivity contribution in [3.8, 4) is 11.3 Å². The zero-order valence-corrected chi connectivity index (χ0v) is 10.9. The molecule has 17 heavy (non-hydrogen) atoms. The molecule has 0 atom stereocenters. The van der Waals surface area contributed by atoms with Gasteiger partial charge in [-0.15, -0.1) is 0 Å². The third-order valence-electron chi connectivity index (χ3n) is 4.03. The smallest absolute Gasteiger partial charge is 0.0743 e. The Morgan fingerprint density at radius 3 is 2.53 bits per heavy atom. The molecule has 1 heterocycles. The second-order valence-electron chi connectivity index (χ2n) is 5.11. The highest BCUT2D eigenvalue weighted by Crippen LogP contribution is 2.39. The molecular formula is C16H17N. The van der Waals surface area contributed by atoms with Crippen molar-refractivity contribution in [3.63, 3.8) is 0 Å². The number of pyridine rings is 1. The maximum atomic E-state index is 4.71. The first-order chi connectivity index (χ1) is 8.08. The Hall–Kier alpha value is -1.63. The molecule has 0 N–H and O–H groups in total. The molecule has 1 heteroatoms. The average Bonchev–Trinajstić information content (AvgIpc) is 2.65. The van der Waals surface area contributed by atoms with E-state index >= 15 is 0 Å². The number of benzene rings is 1. The summed E-state index contributed by atoms with van der Waals surface area (Å²) in [6.07, 6.45) is 1.05. The summed E-state index contributed by atoms with van der Waals surface area (Å²) >= 11 is 0. The molecule has 0 saturated heterocycles. The molecule has 0 amide bonds. The molecular weight excluding hydrogens is 206 g/mol. The zero-order chi connectivity index (χ0) is 12.2. The van der Waals surface area contributed by atoms with Gasteiger partial charge in [0, 0.05) is 17.7 Å². The van der Waals surface area contributed by atoms with E-state index < -0.39 is 0 Å². The van der Waals surface area contributed by atoms with Gasteiger partial charge in [-0.2, -0.15) is 0 Å². The molecule has 0 fully saturated rings. The summed E-state index contributed by atoms with van der Waals surface area (Å²) in [5.74, 6) is 0. The standard InChI is InChI=1S/C16H17N/c1-9-7-15-14(12(4)11(9)3)8-13-6-5-10(2)17-16(13)15/h5-7H,8H2,1-4H3. The molecule has 1 aliphatic rings. The van der Waals surface area contributed by atoms with Gasteiger partial charge in [0.25, 0.3) is 0 Å². The summed E-state index contributed by atoms with van der Waals surface area (Å²) in [6.45, 7) is 8.70. The van der Waals surface area contributed by atoms with Crippen molar-refractivity contribution in [1.29, 1.82) is 0 Å². The molecule has 2 aromatic rings. The largest absolute Gasteiger partial charge is 0.253 e. The molecule has 3 rings (SSSR count). The quantitative estimate of drug-likeness (QED) is 0.563. The lowest BCUT2D eigenvalue weighted by Crippen LogP contribution is -1.93. The van der Waals surface area contributed by atoms with Gasteiger partial charge >= 0.3 is 0 Å². The number of rotatable bonds is 0. The second kappa shape index (κ2) is 3.43. The Morgan fingerprint density at radius 2 is 1.76 bits per heavy atom. The van der Waals surface area contributed by atoms with E-state index in [1.165, 1.54) is 39.1 Å². The van der Waals surface area contributed by atoms with E-state index in [2.05, 4.69) is 45.9 Å². The molecule has 0 radical (unpaired) electrons. The summed E-state index contributed by atoms with van der Waals surface area (Å²) in [7, 11) is 0. The molecule has 0 unspecified atom stereocenters. The van der Waals surface area contributed by atoms with Crippen LogP contribution in [-0.4, -0.2) is 4.98 Å². The molecule has 0 aliphatic heterocycles. The average molecular weight is 223 g/mol. The Morgan fingerprint density at radius 1 is 1.00 bits per heavy atom. The van der Waals surface area contributed by atoms with Crippen LogP contribution in [0.5, 0.6) is 0 Å². The Bertz CT molecular complexity index is 624. The van der Waals surface area contributed by atoms with Crippen LogP contribution in [0.25, 0.3) is 11.3 Å². The van der Waals surface area contributed by atoms with Crippen molar-refractivity contribution in [3.05, 3.63) is 51.7 Å². The van der Waals surface area contributed by atoms with Crippen LogP contribution in [0.1, 0.15) is 33.5 Å². The third kappa shape index (κ3) is 1.42. The number of aromatic nitrogens is 1. The molecule has 1 aliphatic carbocycles. The van der Waals surface area contributed by atoms with Crippen molar-refractivity contribution in [1.82, 2.24) is 4.98 Å². The Labute approximate surface area is 103 Å². The van der Waals surface area contributed by atoms with Gasteiger partial charge in [-0.3, -0.25) is 4.98 Å². The molecule has 0 spiro atoms. The second-order valence-corrected chi connectivity index (χ2v) is 5.11.